The number of halogens is 1. The monoisotopic (exact) mass is 573 g/mol. The van der Waals surface area contributed by atoms with Crippen LogP contribution in [0, 0.1) is 0 Å². The first-order valence-corrected chi connectivity index (χ1v) is 14.5. The standard InChI is InChI=1S/C27H28ClN3O5S2/c1-35-17-15-30(16-18-36-2)38(33,34)22-13-11-21(12-14-22)26(32)31(19-20-7-4-3-5-8-20)27-29-25-23(28)9-6-10-24(25)37-27/h3-14H,15-19H2,1-2H3. The average molecular weight is 574 g/mol. The Labute approximate surface area is 231 Å². The lowest BCUT2D eigenvalue weighted by atomic mass is 10.1. The predicted molar refractivity (Wildman–Crippen MR) is 151 cm³/mol. The summed E-state index contributed by atoms with van der Waals surface area (Å²) >= 11 is 7.72. The molecule has 4 rings (SSSR count). The van der Waals surface area contributed by atoms with Gasteiger partial charge in [0.1, 0.15) is 5.52 Å². The molecule has 0 atom stereocenters. The van der Waals surface area contributed by atoms with Crippen molar-refractivity contribution < 1.29 is 22.7 Å². The Hall–Kier alpha value is -2.86. The quantitative estimate of drug-likeness (QED) is 0.235. The van der Waals surface area contributed by atoms with Gasteiger partial charge >= 0.3 is 0 Å². The molecule has 0 aliphatic carbocycles. The van der Waals surface area contributed by atoms with Crippen LogP contribution >= 0.6 is 22.9 Å². The van der Waals surface area contributed by atoms with Gasteiger partial charge in [0.15, 0.2) is 5.13 Å². The second kappa shape index (κ2) is 12.8. The van der Waals surface area contributed by atoms with Crippen LogP contribution in [0.15, 0.2) is 77.7 Å². The number of thiazole rings is 1. The zero-order valence-electron chi connectivity index (χ0n) is 21.0. The molecule has 1 heterocycles. The minimum absolute atomic E-state index is 0.0858. The molecule has 200 valence electrons. The van der Waals surface area contributed by atoms with E-state index in [1.165, 1.54) is 54.1 Å². The number of fused-ring (bicyclic) bond motifs is 1. The van der Waals surface area contributed by atoms with Crippen LogP contribution in [-0.2, 0) is 26.0 Å². The summed E-state index contributed by atoms with van der Waals surface area (Å²) in [6.07, 6.45) is 0. The summed E-state index contributed by atoms with van der Waals surface area (Å²) in [5, 5.41) is 1.02. The highest BCUT2D eigenvalue weighted by Crippen LogP contribution is 2.34. The molecule has 0 saturated heterocycles. The average Bonchev–Trinajstić information content (AvgIpc) is 3.37. The van der Waals surface area contributed by atoms with Gasteiger partial charge in [0.2, 0.25) is 10.0 Å². The van der Waals surface area contributed by atoms with Gasteiger partial charge in [0.05, 0.1) is 34.4 Å². The zero-order chi connectivity index (χ0) is 27.1. The molecule has 0 unspecified atom stereocenters. The first kappa shape index (κ1) is 28.2. The smallest absolute Gasteiger partial charge is 0.260 e. The molecule has 0 spiro atoms. The number of hydrogen-bond donors (Lipinski definition) is 0. The highest BCUT2D eigenvalue weighted by molar-refractivity contribution is 7.89. The summed E-state index contributed by atoms with van der Waals surface area (Å²) in [4.78, 5) is 20.1. The van der Waals surface area contributed by atoms with E-state index >= 15 is 0 Å². The van der Waals surface area contributed by atoms with Crippen LogP contribution in [0.5, 0.6) is 0 Å². The van der Waals surface area contributed by atoms with Crippen LogP contribution in [0.25, 0.3) is 10.2 Å². The molecule has 0 saturated carbocycles. The Bertz CT molecular complexity index is 1470. The number of amides is 1. The molecule has 1 amide bonds. The topological polar surface area (TPSA) is 89.0 Å². The normalized spacial score (nSPS) is 11.8. The SMILES string of the molecule is COCCN(CCOC)S(=O)(=O)c1ccc(C(=O)N(Cc2ccccc2)c2nc3c(Cl)cccc3s2)cc1. The van der Waals surface area contributed by atoms with Crippen molar-refractivity contribution in [2.75, 3.05) is 45.4 Å². The van der Waals surface area contributed by atoms with Crippen LogP contribution in [0.2, 0.25) is 5.02 Å². The molecule has 0 bridgehead atoms. The molecular formula is C27H28ClN3O5S2. The maximum Gasteiger partial charge on any atom is 0.260 e. The van der Waals surface area contributed by atoms with Crippen LogP contribution in [0.4, 0.5) is 5.13 Å². The van der Waals surface area contributed by atoms with E-state index in [2.05, 4.69) is 4.98 Å². The summed E-state index contributed by atoms with van der Waals surface area (Å²) in [6.45, 7) is 1.17. The Kier molecular flexibility index (Phi) is 9.48. The first-order valence-electron chi connectivity index (χ1n) is 11.8. The van der Waals surface area contributed by atoms with Gasteiger partial charge in [0.25, 0.3) is 5.91 Å². The summed E-state index contributed by atoms with van der Waals surface area (Å²) in [5.41, 5.74) is 1.90. The van der Waals surface area contributed by atoms with Gasteiger partial charge in [0, 0.05) is 32.9 Å². The Morgan fingerprint density at radius 2 is 1.58 bits per heavy atom. The summed E-state index contributed by atoms with van der Waals surface area (Å²) in [6, 6.07) is 21.1. The molecule has 38 heavy (non-hydrogen) atoms. The van der Waals surface area contributed by atoms with Crippen molar-refractivity contribution in [3.8, 4) is 0 Å². The second-order valence-electron chi connectivity index (χ2n) is 8.37. The molecule has 11 heteroatoms. The molecule has 8 nitrogen and oxygen atoms in total. The largest absolute Gasteiger partial charge is 0.383 e. The van der Waals surface area contributed by atoms with Gasteiger partial charge in [-0.25, -0.2) is 13.4 Å². The maximum absolute atomic E-state index is 13.8. The second-order valence-corrected chi connectivity index (χ2v) is 11.7. The lowest BCUT2D eigenvalue weighted by Gasteiger charge is -2.22. The van der Waals surface area contributed by atoms with Gasteiger partial charge in [-0.3, -0.25) is 9.69 Å². The number of hydrogen-bond acceptors (Lipinski definition) is 7. The summed E-state index contributed by atoms with van der Waals surface area (Å²) in [5.74, 6) is -0.302. The van der Waals surface area contributed by atoms with E-state index in [9.17, 15) is 13.2 Å². The van der Waals surface area contributed by atoms with E-state index in [-0.39, 0.29) is 37.1 Å². The van der Waals surface area contributed by atoms with Crippen LogP contribution in [0.3, 0.4) is 0 Å². The third kappa shape index (κ3) is 6.40. The minimum Gasteiger partial charge on any atom is -0.383 e. The number of rotatable bonds is 12. The Morgan fingerprint density at radius 3 is 2.18 bits per heavy atom. The lowest BCUT2D eigenvalue weighted by molar-refractivity contribution is 0.0985. The van der Waals surface area contributed by atoms with E-state index in [1.807, 2.05) is 42.5 Å². The number of aromatic nitrogens is 1. The fourth-order valence-corrected chi connectivity index (χ4v) is 6.49. The molecule has 0 N–H and O–H groups in total. The van der Waals surface area contributed by atoms with E-state index < -0.39 is 10.0 Å². The molecule has 0 fully saturated rings. The number of benzene rings is 3. The Balaban J connectivity index is 1.65. The van der Waals surface area contributed by atoms with Gasteiger partial charge in [-0.15, -0.1) is 0 Å². The maximum atomic E-state index is 13.8. The van der Waals surface area contributed by atoms with Crippen LogP contribution in [0.1, 0.15) is 15.9 Å². The molecule has 0 radical (unpaired) electrons. The molecule has 4 aromatic rings. The lowest BCUT2D eigenvalue weighted by Crippen LogP contribution is -2.36. The van der Waals surface area contributed by atoms with Crippen molar-refractivity contribution in [3.63, 3.8) is 0 Å². The molecule has 1 aromatic heterocycles. The Morgan fingerprint density at radius 1 is 0.921 bits per heavy atom. The zero-order valence-corrected chi connectivity index (χ0v) is 23.4. The number of nitrogens with zero attached hydrogens (tertiary/aromatic N) is 3. The molecule has 0 aliphatic heterocycles. The number of sulfonamides is 1. The third-order valence-corrected chi connectivity index (χ3v) is 9.11. The van der Waals surface area contributed by atoms with E-state index in [0.29, 0.717) is 27.8 Å². The predicted octanol–water partition coefficient (Wildman–Crippen LogP) is 5.08. The molecule has 0 aliphatic rings. The highest BCUT2D eigenvalue weighted by atomic mass is 35.5. The number of carbonyl (C=O) groups excluding carboxylic acids is 1. The van der Waals surface area contributed by atoms with Gasteiger partial charge < -0.3 is 9.47 Å². The number of anilines is 1. The van der Waals surface area contributed by atoms with Crippen molar-refractivity contribution in [2.45, 2.75) is 11.4 Å². The van der Waals surface area contributed by atoms with E-state index in [1.54, 1.807) is 11.0 Å². The van der Waals surface area contributed by atoms with E-state index in [4.69, 9.17) is 21.1 Å². The van der Waals surface area contributed by atoms with Crippen molar-refractivity contribution >= 4 is 54.2 Å². The van der Waals surface area contributed by atoms with Crippen LogP contribution < -0.4 is 4.90 Å². The summed E-state index contributed by atoms with van der Waals surface area (Å²) < 4.78 is 38.8. The number of carbonyl (C=O) groups is 1. The fourth-order valence-electron chi connectivity index (χ4n) is 3.82. The van der Waals surface area contributed by atoms with Gasteiger partial charge in [-0.2, -0.15) is 4.31 Å². The number of ether oxygens (including phenoxy) is 2. The molecular weight excluding hydrogens is 546 g/mol. The van der Waals surface area contributed by atoms with Crippen LogP contribution in [-0.4, -0.2) is 64.1 Å². The van der Waals surface area contributed by atoms with Crippen molar-refractivity contribution in [3.05, 3.63) is 88.9 Å². The minimum atomic E-state index is -3.81. The third-order valence-electron chi connectivity index (χ3n) is 5.85. The number of methoxy groups -OCH3 is 2. The van der Waals surface area contributed by atoms with Gasteiger partial charge in [-0.05, 0) is 42.0 Å². The van der Waals surface area contributed by atoms with E-state index in [0.717, 1.165) is 10.3 Å². The molecule has 3 aromatic carbocycles. The van der Waals surface area contributed by atoms with Gasteiger partial charge in [-0.1, -0.05) is 59.3 Å². The first-order chi connectivity index (χ1) is 18.3. The van der Waals surface area contributed by atoms with Crippen molar-refractivity contribution in [1.29, 1.82) is 0 Å². The summed E-state index contributed by atoms with van der Waals surface area (Å²) in [7, 11) is -0.776. The van der Waals surface area contributed by atoms with Crippen molar-refractivity contribution in [1.82, 2.24) is 9.29 Å². The van der Waals surface area contributed by atoms with Crippen molar-refractivity contribution in [2.24, 2.45) is 0 Å². The highest BCUT2D eigenvalue weighted by Gasteiger charge is 2.26. The fraction of sp³-hybridized carbons (Fsp3) is 0.259. The number of para-hydroxylation sites is 1.